The third-order valence-electron chi connectivity index (χ3n) is 7.90. The molecule has 0 saturated heterocycles. The van der Waals surface area contributed by atoms with Crippen molar-refractivity contribution in [3.05, 3.63) is 87.5 Å². The van der Waals surface area contributed by atoms with Crippen LogP contribution in [0.25, 0.3) is 0 Å². The van der Waals surface area contributed by atoms with E-state index in [0.29, 0.717) is 16.4 Å². The van der Waals surface area contributed by atoms with E-state index in [-0.39, 0.29) is 21.7 Å². The zero-order valence-corrected chi connectivity index (χ0v) is 29.3. The van der Waals surface area contributed by atoms with Crippen LogP contribution in [0, 0.1) is 20.8 Å². The summed E-state index contributed by atoms with van der Waals surface area (Å²) in [7, 11) is -5.36. The van der Waals surface area contributed by atoms with E-state index in [1.807, 2.05) is 38.1 Å². The first-order valence-electron chi connectivity index (χ1n) is 14.9. The average molecular weight is 579 g/mol. The molecule has 4 heteroatoms. The maximum absolute atomic E-state index is 13.5. The molecule has 3 aromatic carbocycles. The topological polar surface area (TPSA) is 49.7 Å². The Morgan fingerprint density at radius 2 is 0.756 bits per heavy atom. The molecule has 0 bridgehead atoms. The third kappa shape index (κ3) is 6.58. The maximum atomic E-state index is 13.5. The molecule has 0 heterocycles. The molecule has 0 aliphatic rings. The summed E-state index contributed by atoms with van der Waals surface area (Å²) in [4.78, 5) is 26.9. The van der Waals surface area contributed by atoms with Crippen LogP contribution in [0.15, 0.2) is 48.5 Å². The second kappa shape index (κ2) is 10.2. The summed E-state index contributed by atoms with van der Waals surface area (Å²) >= 11 is 0. The standard InChI is InChI=1S/C37H55O3P/c1-24-16-18-31(27(20-24)34(4,5)6)41(38,39,32-19-17-25(2)21-28(32)35(7,8)9)40-33-29(36(10,11)12)22-26(3)23-30(33)37(13,14)15/h16-23,38-39H,1-15H3. The van der Waals surface area contributed by atoms with Gasteiger partial charge in [0.05, 0.1) is 0 Å². The quantitative estimate of drug-likeness (QED) is 0.304. The molecule has 226 valence electrons. The van der Waals surface area contributed by atoms with E-state index in [1.54, 1.807) is 0 Å². The van der Waals surface area contributed by atoms with E-state index < -0.39 is 7.28 Å². The Bertz CT molecular complexity index is 1350. The SMILES string of the molecule is Cc1ccc(P(O)(O)(Oc2c(C(C)(C)C)cc(C)cc2C(C)(C)C)c2ccc(C)cc2C(C)(C)C)c(C(C)(C)C)c1. The Morgan fingerprint density at radius 1 is 0.463 bits per heavy atom. The van der Waals surface area contributed by atoms with Crippen molar-refractivity contribution >= 4 is 17.9 Å². The van der Waals surface area contributed by atoms with Crippen LogP contribution in [0.1, 0.15) is 122 Å². The molecular weight excluding hydrogens is 523 g/mol. The molecule has 0 aliphatic heterocycles. The van der Waals surface area contributed by atoms with Gasteiger partial charge < -0.3 is 0 Å². The van der Waals surface area contributed by atoms with Crippen LogP contribution < -0.4 is 15.1 Å². The Balaban J connectivity index is 2.66. The summed E-state index contributed by atoms with van der Waals surface area (Å²) in [6.07, 6.45) is 0. The third-order valence-corrected chi connectivity index (χ3v) is 10.9. The van der Waals surface area contributed by atoms with Gasteiger partial charge in [0.2, 0.25) is 0 Å². The van der Waals surface area contributed by atoms with E-state index in [0.717, 1.165) is 38.9 Å². The van der Waals surface area contributed by atoms with Gasteiger partial charge in [-0.3, -0.25) is 0 Å². The summed E-state index contributed by atoms with van der Waals surface area (Å²) in [5, 5.41) is 0.924. The summed E-state index contributed by atoms with van der Waals surface area (Å²) in [6, 6.07) is 16.2. The van der Waals surface area contributed by atoms with Gasteiger partial charge in [0.1, 0.15) is 0 Å². The van der Waals surface area contributed by atoms with Gasteiger partial charge in [-0.1, -0.05) is 0 Å². The van der Waals surface area contributed by atoms with Crippen molar-refractivity contribution in [1.29, 1.82) is 0 Å². The molecular formula is C37H55O3P. The van der Waals surface area contributed by atoms with Crippen molar-refractivity contribution in [1.82, 2.24) is 0 Å². The molecule has 3 rings (SSSR count). The fraction of sp³-hybridized carbons (Fsp3) is 0.514. The van der Waals surface area contributed by atoms with Crippen LogP contribution in [0.3, 0.4) is 0 Å². The monoisotopic (exact) mass is 578 g/mol. The second-order valence-electron chi connectivity index (χ2n) is 16.3. The first kappa shape index (κ1) is 33.3. The summed E-state index contributed by atoms with van der Waals surface area (Å²) in [5.74, 6) is 0.569. The predicted octanol–water partition coefficient (Wildman–Crippen LogP) is 9.11. The van der Waals surface area contributed by atoms with Crippen LogP contribution >= 0.6 is 7.28 Å². The molecule has 41 heavy (non-hydrogen) atoms. The van der Waals surface area contributed by atoms with E-state index in [9.17, 15) is 9.79 Å². The molecule has 0 aromatic heterocycles. The zero-order chi connectivity index (χ0) is 31.6. The first-order chi connectivity index (χ1) is 18.3. The van der Waals surface area contributed by atoms with Crippen LogP contribution in [-0.2, 0) is 21.7 Å². The fourth-order valence-electron chi connectivity index (χ4n) is 5.59. The van der Waals surface area contributed by atoms with Gasteiger partial charge in [-0.2, -0.15) is 0 Å². The Labute approximate surface area is 250 Å². The number of hydrogen-bond donors (Lipinski definition) is 2. The molecule has 0 radical (unpaired) electrons. The molecule has 0 spiro atoms. The summed E-state index contributed by atoms with van der Waals surface area (Å²) < 4.78 is 7.12. The minimum atomic E-state index is -5.36. The molecule has 3 nitrogen and oxygen atoms in total. The van der Waals surface area contributed by atoms with E-state index >= 15 is 0 Å². The summed E-state index contributed by atoms with van der Waals surface area (Å²) in [6.45, 7) is 31.9. The van der Waals surface area contributed by atoms with Crippen LogP contribution in [-0.4, -0.2) is 9.79 Å². The van der Waals surface area contributed by atoms with Crippen molar-refractivity contribution in [2.45, 2.75) is 126 Å². The minimum absolute atomic E-state index is 0.300. The van der Waals surface area contributed by atoms with Crippen molar-refractivity contribution in [3.63, 3.8) is 0 Å². The Hall–Kier alpha value is -2.19. The Kier molecular flexibility index (Phi) is 8.30. The van der Waals surface area contributed by atoms with Crippen molar-refractivity contribution in [2.75, 3.05) is 0 Å². The molecule has 0 fully saturated rings. The molecule has 2 N–H and O–H groups in total. The molecule has 0 aliphatic carbocycles. The zero-order valence-electron chi connectivity index (χ0n) is 28.4. The van der Waals surface area contributed by atoms with Gasteiger partial charge in [-0.05, 0) is 0 Å². The number of aryl methyl sites for hydroxylation is 3. The molecule has 0 atom stereocenters. The van der Waals surface area contributed by atoms with Crippen LogP contribution in [0.4, 0.5) is 0 Å². The van der Waals surface area contributed by atoms with Gasteiger partial charge in [0, 0.05) is 0 Å². The van der Waals surface area contributed by atoms with E-state index in [1.165, 1.54) is 0 Å². The fourth-order valence-corrected chi connectivity index (χ4v) is 8.94. The van der Waals surface area contributed by atoms with Crippen molar-refractivity contribution in [2.24, 2.45) is 0 Å². The van der Waals surface area contributed by atoms with Gasteiger partial charge in [-0.25, -0.2) is 0 Å². The van der Waals surface area contributed by atoms with Gasteiger partial charge >= 0.3 is 251 Å². The van der Waals surface area contributed by atoms with Crippen LogP contribution in [0.5, 0.6) is 5.75 Å². The van der Waals surface area contributed by atoms with Crippen LogP contribution in [0.2, 0.25) is 0 Å². The van der Waals surface area contributed by atoms with E-state index in [2.05, 4.69) is 114 Å². The molecule has 3 aromatic rings. The summed E-state index contributed by atoms with van der Waals surface area (Å²) in [5.41, 5.74) is 5.62. The van der Waals surface area contributed by atoms with Gasteiger partial charge in [-0.15, -0.1) is 0 Å². The van der Waals surface area contributed by atoms with E-state index in [4.69, 9.17) is 4.52 Å². The van der Waals surface area contributed by atoms with Gasteiger partial charge in [0.15, 0.2) is 0 Å². The molecule has 0 saturated carbocycles. The normalized spacial score (nSPS) is 14.5. The van der Waals surface area contributed by atoms with Crippen molar-refractivity contribution < 1.29 is 14.3 Å². The predicted molar refractivity (Wildman–Crippen MR) is 180 cm³/mol. The van der Waals surface area contributed by atoms with Crippen molar-refractivity contribution in [3.8, 4) is 5.75 Å². The van der Waals surface area contributed by atoms with Gasteiger partial charge in [0.25, 0.3) is 0 Å². The Morgan fingerprint density at radius 3 is 1.05 bits per heavy atom. The first-order valence-corrected chi connectivity index (χ1v) is 16.9. The number of rotatable bonds is 4. The molecule has 0 amide bonds. The molecule has 0 unspecified atom stereocenters. The number of hydrogen-bond acceptors (Lipinski definition) is 3. The second-order valence-corrected chi connectivity index (χ2v) is 19.3. The number of benzene rings is 3. The average Bonchev–Trinajstić information content (AvgIpc) is 2.77.